The van der Waals surface area contributed by atoms with Crippen molar-refractivity contribution in [2.75, 3.05) is 19.3 Å². The number of para-hydroxylation sites is 1. The van der Waals surface area contributed by atoms with Gasteiger partial charge in [0.25, 0.3) is 0 Å². The number of halogens is 2. The van der Waals surface area contributed by atoms with E-state index in [9.17, 15) is 8.42 Å². The molecule has 0 amide bonds. The highest BCUT2D eigenvalue weighted by molar-refractivity contribution is 7.91. The summed E-state index contributed by atoms with van der Waals surface area (Å²) in [4.78, 5) is 6.59. The van der Waals surface area contributed by atoms with E-state index in [1.165, 1.54) is 12.1 Å². The Morgan fingerprint density at radius 3 is 2.68 bits per heavy atom. The van der Waals surface area contributed by atoms with E-state index in [1.807, 2.05) is 36.2 Å². The van der Waals surface area contributed by atoms with Gasteiger partial charge < -0.3 is 0 Å². The van der Waals surface area contributed by atoms with Crippen LogP contribution in [0.25, 0.3) is 10.2 Å². The molecule has 0 saturated heterocycles. The van der Waals surface area contributed by atoms with Gasteiger partial charge in [-0.25, -0.2) is 13.4 Å². The normalized spacial score (nSPS) is 12.2. The molecule has 0 aliphatic heterocycles. The van der Waals surface area contributed by atoms with Crippen molar-refractivity contribution in [1.82, 2.24) is 9.88 Å². The van der Waals surface area contributed by atoms with Gasteiger partial charge in [-0.2, -0.15) is 0 Å². The highest BCUT2D eigenvalue weighted by atomic mass is 35.5. The standard InChI is InChI=1S/C17H16Cl2N2O2S2/c1-21(11-17-20-14-4-2-3-5-15(14)24-17)8-9-25(22,23)16-10-12(18)6-7-13(16)19/h2-7,10H,8-9,11H2,1H3. The molecule has 1 aromatic heterocycles. The fraction of sp³-hybridized carbons (Fsp3) is 0.235. The molecule has 2 aromatic carbocycles. The second-order valence-corrected chi connectivity index (χ2v) is 9.74. The predicted molar refractivity (Wildman–Crippen MR) is 104 cm³/mol. The predicted octanol–water partition coefficient (Wildman–Crippen LogP) is 4.51. The Bertz CT molecular complexity index is 970. The van der Waals surface area contributed by atoms with Crippen LogP contribution < -0.4 is 0 Å². The van der Waals surface area contributed by atoms with Gasteiger partial charge in [-0.3, -0.25) is 4.90 Å². The summed E-state index contributed by atoms with van der Waals surface area (Å²) in [6.45, 7) is 0.971. The quantitative estimate of drug-likeness (QED) is 0.595. The molecule has 0 N–H and O–H groups in total. The van der Waals surface area contributed by atoms with Crippen LogP contribution >= 0.6 is 34.5 Å². The van der Waals surface area contributed by atoms with Crippen molar-refractivity contribution >= 4 is 54.6 Å². The number of rotatable bonds is 6. The maximum Gasteiger partial charge on any atom is 0.181 e. The summed E-state index contributed by atoms with van der Waals surface area (Å²) in [6, 6.07) is 12.4. The Balaban J connectivity index is 1.66. The van der Waals surface area contributed by atoms with Crippen molar-refractivity contribution in [1.29, 1.82) is 0 Å². The first-order valence-corrected chi connectivity index (χ1v) is 10.8. The summed E-state index contributed by atoms with van der Waals surface area (Å²) in [5.41, 5.74) is 0.967. The van der Waals surface area contributed by atoms with Crippen molar-refractivity contribution in [3.8, 4) is 0 Å². The number of hydrogen-bond acceptors (Lipinski definition) is 5. The maximum absolute atomic E-state index is 12.5. The zero-order valence-electron chi connectivity index (χ0n) is 13.4. The van der Waals surface area contributed by atoms with Gasteiger partial charge in [0.15, 0.2) is 9.84 Å². The van der Waals surface area contributed by atoms with Crippen molar-refractivity contribution < 1.29 is 8.42 Å². The molecule has 0 saturated carbocycles. The van der Waals surface area contributed by atoms with Crippen LogP contribution in [0.5, 0.6) is 0 Å². The monoisotopic (exact) mass is 414 g/mol. The molecule has 132 valence electrons. The van der Waals surface area contributed by atoms with Gasteiger partial charge in [0.1, 0.15) is 5.01 Å². The Hall–Kier alpha value is -1.18. The van der Waals surface area contributed by atoms with Crippen molar-refractivity contribution in [2.45, 2.75) is 11.4 Å². The highest BCUT2D eigenvalue weighted by Crippen LogP contribution is 2.26. The SMILES string of the molecule is CN(CCS(=O)(=O)c1cc(Cl)ccc1Cl)Cc1nc2ccccc2s1. The number of thiazole rings is 1. The minimum Gasteiger partial charge on any atom is -0.299 e. The lowest BCUT2D eigenvalue weighted by Crippen LogP contribution is -2.25. The van der Waals surface area contributed by atoms with Crippen LogP contribution in [0.1, 0.15) is 5.01 Å². The average Bonchev–Trinajstić information content (AvgIpc) is 2.97. The zero-order valence-corrected chi connectivity index (χ0v) is 16.6. The van der Waals surface area contributed by atoms with Gasteiger partial charge in [-0.1, -0.05) is 35.3 Å². The lowest BCUT2D eigenvalue weighted by Gasteiger charge is -2.15. The Morgan fingerprint density at radius 2 is 1.92 bits per heavy atom. The molecule has 0 spiro atoms. The third-order valence-corrected chi connectivity index (χ3v) is 7.14. The first-order valence-electron chi connectivity index (χ1n) is 7.56. The number of fused-ring (bicyclic) bond motifs is 1. The molecular weight excluding hydrogens is 399 g/mol. The molecule has 0 atom stereocenters. The molecule has 3 aromatic rings. The van der Waals surface area contributed by atoms with Crippen molar-refractivity contribution in [3.63, 3.8) is 0 Å². The van der Waals surface area contributed by atoms with Gasteiger partial charge in [-0.15, -0.1) is 11.3 Å². The molecule has 0 aliphatic rings. The van der Waals surface area contributed by atoms with E-state index >= 15 is 0 Å². The van der Waals surface area contributed by atoms with Gasteiger partial charge in [0.2, 0.25) is 0 Å². The van der Waals surface area contributed by atoms with Gasteiger partial charge in [-0.05, 0) is 37.4 Å². The van der Waals surface area contributed by atoms with Crippen LogP contribution in [-0.2, 0) is 16.4 Å². The number of sulfone groups is 1. The fourth-order valence-electron chi connectivity index (χ4n) is 2.40. The molecule has 0 aliphatic carbocycles. The Labute approximate surface area is 160 Å². The molecule has 4 nitrogen and oxygen atoms in total. The summed E-state index contributed by atoms with van der Waals surface area (Å²) in [5.74, 6) is -0.0333. The lowest BCUT2D eigenvalue weighted by molar-refractivity contribution is 0.345. The molecule has 0 bridgehead atoms. The summed E-state index contributed by atoms with van der Waals surface area (Å²) in [5, 5.41) is 1.51. The Kier molecular flexibility index (Phi) is 5.65. The molecule has 0 radical (unpaired) electrons. The van der Waals surface area contributed by atoms with Gasteiger partial charge in [0, 0.05) is 11.6 Å². The van der Waals surface area contributed by atoms with Crippen LogP contribution in [0.4, 0.5) is 0 Å². The molecule has 0 unspecified atom stereocenters. The van der Waals surface area contributed by atoms with E-state index in [1.54, 1.807) is 17.4 Å². The summed E-state index contributed by atoms with van der Waals surface area (Å²) < 4.78 is 26.2. The fourth-order valence-corrected chi connectivity index (χ4v) is 5.60. The zero-order chi connectivity index (χ0) is 18.0. The van der Waals surface area contributed by atoms with Crippen molar-refractivity contribution in [3.05, 3.63) is 57.5 Å². The molecule has 3 rings (SSSR count). The highest BCUT2D eigenvalue weighted by Gasteiger charge is 2.19. The molecular formula is C17H16Cl2N2O2S2. The molecule has 8 heteroatoms. The second-order valence-electron chi connectivity index (χ2n) is 5.71. The third kappa shape index (κ3) is 4.51. The number of aromatic nitrogens is 1. The van der Waals surface area contributed by atoms with Crippen LogP contribution in [0, 0.1) is 0 Å². The molecule has 25 heavy (non-hydrogen) atoms. The van der Waals surface area contributed by atoms with Crippen LogP contribution in [-0.4, -0.2) is 37.6 Å². The first-order chi connectivity index (χ1) is 11.8. The number of benzene rings is 2. The molecule has 1 heterocycles. The largest absolute Gasteiger partial charge is 0.299 e. The van der Waals surface area contributed by atoms with E-state index in [0.717, 1.165) is 15.2 Å². The van der Waals surface area contributed by atoms with E-state index < -0.39 is 9.84 Å². The van der Waals surface area contributed by atoms with Crippen molar-refractivity contribution in [2.24, 2.45) is 0 Å². The topological polar surface area (TPSA) is 50.3 Å². The lowest BCUT2D eigenvalue weighted by atomic mass is 10.3. The van der Waals surface area contributed by atoms with E-state index in [2.05, 4.69) is 4.98 Å². The number of hydrogen-bond donors (Lipinski definition) is 0. The minimum atomic E-state index is -3.50. The van der Waals surface area contributed by atoms with Gasteiger partial charge in [0.05, 0.1) is 32.4 Å². The van der Waals surface area contributed by atoms with E-state index in [0.29, 0.717) is 18.1 Å². The average molecular weight is 415 g/mol. The summed E-state index contributed by atoms with van der Waals surface area (Å²) in [6.07, 6.45) is 0. The maximum atomic E-state index is 12.5. The molecule has 0 fully saturated rings. The van der Waals surface area contributed by atoms with Gasteiger partial charge >= 0.3 is 0 Å². The number of nitrogens with zero attached hydrogens (tertiary/aromatic N) is 2. The third-order valence-electron chi connectivity index (χ3n) is 3.71. The first kappa shape index (κ1) is 18.6. The summed E-state index contributed by atoms with van der Waals surface area (Å²) in [7, 11) is -1.62. The van der Waals surface area contributed by atoms with E-state index in [-0.39, 0.29) is 15.7 Å². The van der Waals surface area contributed by atoms with Crippen LogP contribution in [0.2, 0.25) is 10.0 Å². The Morgan fingerprint density at radius 1 is 1.16 bits per heavy atom. The van der Waals surface area contributed by atoms with Crippen LogP contribution in [0.3, 0.4) is 0 Å². The van der Waals surface area contributed by atoms with Crippen LogP contribution in [0.15, 0.2) is 47.4 Å². The minimum absolute atomic E-state index is 0.0333. The van der Waals surface area contributed by atoms with E-state index in [4.69, 9.17) is 23.2 Å². The summed E-state index contributed by atoms with van der Waals surface area (Å²) >= 11 is 13.5. The smallest absolute Gasteiger partial charge is 0.181 e. The second kappa shape index (κ2) is 7.60.